The first-order valence-corrected chi connectivity index (χ1v) is 7.04. The van der Waals surface area contributed by atoms with Crippen molar-refractivity contribution in [3.8, 4) is 0 Å². The lowest BCUT2D eigenvalue weighted by atomic mass is 10.0. The van der Waals surface area contributed by atoms with Gasteiger partial charge in [-0.1, -0.05) is 24.3 Å². The van der Waals surface area contributed by atoms with Crippen LogP contribution in [0.3, 0.4) is 0 Å². The molecule has 0 saturated carbocycles. The molecule has 0 amide bonds. The Bertz CT molecular complexity index is 714. The molecule has 2 rings (SSSR count). The van der Waals surface area contributed by atoms with Crippen molar-refractivity contribution >= 4 is 6.08 Å². The molecule has 0 N–H and O–H groups in total. The highest BCUT2D eigenvalue weighted by atomic mass is 19.4. The van der Waals surface area contributed by atoms with Crippen molar-refractivity contribution in [1.29, 1.82) is 0 Å². The van der Waals surface area contributed by atoms with E-state index in [0.29, 0.717) is 30.0 Å². The van der Waals surface area contributed by atoms with E-state index in [2.05, 4.69) is 0 Å². The highest BCUT2D eigenvalue weighted by molar-refractivity contribution is 5.51. The molecule has 5 heteroatoms. The fourth-order valence-corrected chi connectivity index (χ4v) is 2.18. The van der Waals surface area contributed by atoms with Gasteiger partial charge in [-0.25, -0.2) is 8.78 Å². The Morgan fingerprint density at radius 2 is 1.65 bits per heavy atom. The van der Waals surface area contributed by atoms with E-state index in [0.717, 1.165) is 5.56 Å². The molecule has 0 aliphatic rings. The highest BCUT2D eigenvalue weighted by Gasteiger charge is 2.22. The molecule has 0 unspecified atom stereocenters. The van der Waals surface area contributed by atoms with Gasteiger partial charge in [0.1, 0.15) is 11.6 Å². The van der Waals surface area contributed by atoms with Gasteiger partial charge in [-0.15, -0.1) is 0 Å². The summed E-state index contributed by atoms with van der Waals surface area (Å²) in [7, 11) is 0. The van der Waals surface area contributed by atoms with Gasteiger partial charge in [-0.3, -0.25) is 0 Å². The minimum absolute atomic E-state index is 0.00718. The average Bonchev–Trinajstić information content (AvgIpc) is 2.44. The van der Waals surface area contributed by atoms with Gasteiger partial charge < -0.3 is 0 Å². The van der Waals surface area contributed by atoms with Gasteiger partial charge >= 0.3 is 6.18 Å². The Kier molecular flexibility index (Phi) is 5.19. The maximum absolute atomic E-state index is 13.8. The minimum atomic E-state index is -4.48. The summed E-state index contributed by atoms with van der Waals surface area (Å²) in [5.41, 5.74) is 1.81. The molecule has 0 aliphatic carbocycles. The van der Waals surface area contributed by atoms with Crippen LogP contribution in [-0.4, -0.2) is 6.18 Å². The van der Waals surface area contributed by atoms with E-state index in [-0.39, 0.29) is 17.5 Å². The average molecular weight is 326 g/mol. The van der Waals surface area contributed by atoms with Crippen molar-refractivity contribution < 1.29 is 22.0 Å². The summed E-state index contributed by atoms with van der Waals surface area (Å²) in [5, 5.41) is 0. The Morgan fingerprint density at radius 3 is 2.26 bits per heavy atom. The zero-order chi connectivity index (χ0) is 17.0. The molecular formula is C18H15F5. The fraction of sp³-hybridized carbons (Fsp3) is 0.222. The lowest BCUT2D eigenvalue weighted by Crippen LogP contribution is -2.00. The summed E-state index contributed by atoms with van der Waals surface area (Å²) in [6.07, 6.45) is -3.00. The van der Waals surface area contributed by atoms with Gasteiger partial charge in [0.2, 0.25) is 0 Å². The van der Waals surface area contributed by atoms with Crippen LogP contribution in [-0.2, 0) is 12.8 Å². The molecule has 0 fully saturated rings. The first-order chi connectivity index (χ1) is 10.7. The number of alkyl halides is 3. The third kappa shape index (κ3) is 5.20. The van der Waals surface area contributed by atoms with E-state index < -0.39 is 12.0 Å². The summed E-state index contributed by atoms with van der Waals surface area (Å²) in [6.45, 7) is 1.79. The molecule has 2 aromatic carbocycles. The standard InChI is InChI=1S/C18H15F5/c1-12-2-5-14(16(19)10-12)6-3-13-4-7-15(17(20)11-13)8-9-18(21,22)23/h2,4-5,7-11H,3,6H2,1H3/b9-8+. The fourth-order valence-electron chi connectivity index (χ4n) is 2.18. The molecule has 0 radical (unpaired) electrons. The SMILES string of the molecule is Cc1ccc(CCc2ccc(/C=C/C(F)(F)F)c(F)c2)c(F)c1. The molecule has 0 aromatic heterocycles. The zero-order valence-electron chi connectivity index (χ0n) is 12.4. The maximum atomic E-state index is 13.8. The predicted molar refractivity (Wildman–Crippen MR) is 80.0 cm³/mol. The summed E-state index contributed by atoms with van der Waals surface area (Å²) in [6, 6.07) is 8.93. The molecule has 0 bridgehead atoms. The van der Waals surface area contributed by atoms with Crippen LogP contribution < -0.4 is 0 Å². The van der Waals surface area contributed by atoms with E-state index >= 15 is 0 Å². The molecule has 0 heterocycles. The second-order valence-electron chi connectivity index (χ2n) is 5.33. The van der Waals surface area contributed by atoms with Crippen molar-refractivity contribution in [3.05, 3.63) is 76.4 Å². The van der Waals surface area contributed by atoms with Crippen LogP contribution in [0.25, 0.3) is 6.08 Å². The van der Waals surface area contributed by atoms with Crippen LogP contribution in [0.1, 0.15) is 22.3 Å². The zero-order valence-corrected chi connectivity index (χ0v) is 12.4. The van der Waals surface area contributed by atoms with Crippen LogP contribution in [0.5, 0.6) is 0 Å². The molecule has 0 saturated heterocycles. The largest absolute Gasteiger partial charge is 0.409 e. The number of halogens is 5. The van der Waals surface area contributed by atoms with Crippen molar-refractivity contribution in [2.75, 3.05) is 0 Å². The maximum Gasteiger partial charge on any atom is 0.409 e. The molecular weight excluding hydrogens is 311 g/mol. The van der Waals surface area contributed by atoms with E-state index in [1.165, 1.54) is 18.2 Å². The first kappa shape index (κ1) is 17.2. The van der Waals surface area contributed by atoms with Gasteiger partial charge in [0.15, 0.2) is 0 Å². The Morgan fingerprint density at radius 1 is 0.913 bits per heavy atom. The number of benzene rings is 2. The van der Waals surface area contributed by atoms with Crippen LogP contribution in [0.15, 0.2) is 42.5 Å². The quantitative estimate of drug-likeness (QED) is 0.638. The summed E-state index contributed by atoms with van der Waals surface area (Å²) < 4.78 is 63.8. The molecule has 122 valence electrons. The molecule has 0 spiro atoms. The summed E-state index contributed by atoms with van der Waals surface area (Å²) in [4.78, 5) is 0. The third-order valence-electron chi connectivity index (χ3n) is 3.41. The summed E-state index contributed by atoms with van der Waals surface area (Å²) in [5.74, 6) is -1.04. The second-order valence-corrected chi connectivity index (χ2v) is 5.33. The van der Waals surface area contributed by atoms with E-state index in [1.54, 1.807) is 25.1 Å². The minimum Gasteiger partial charge on any atom is -0.207 e. The Labute approximate surface area is 131 Å². The lowest BCUT2D eigenvalue weighted by Gasteiger charge is -2.06. The highest BCUT2D eigenvalue weighted by Crippen LogP contribution is 2.20. The number of hydrogen-bond acceptors (Lipinski definition) is 0. The molecule has 0 nitrogen and oxygen atoms in total. The molecule has 0 aliphatic heterocycles. The van der Waals surface area contributed by atoms with Crippen LogP contribution in [0.4, 0.5) is 22.0 Å². The van der Waals surface area contributed by atoms with Gasteiger partial charge in [0, 0.05) is 11.6 Å². The topological polar surface area (TPSA) is 0 Å². The monoisotopic (exact) mass is 326 g/mol. The van der Waals surface area contributed by atoms with Crippen LogP contribution in [0.2, 0.25) is 0 Å². The number of rotatable bonds is 4. The number of allylic oxidation sites excluding steroid dienone is 1. The van der Waals surface area contributed by atoms with Crippen molar-refractivity contribution in [2.24, 2.45) is 0 Å². The van der Waals surface area contributed by atoms with E-state index in [1.807, 2.05) is 0 Å². The number of hydrogen-bond donors (Lipinski definition) is 0. The predicted octanol–water partition coefficient (Wildman–Crippen LogP) is 5.63. The van der Waals surface area contributed by atoms with E-state index in [9.17, 15) is 22.0 Å². The van der Waals surface area contributed by atoms with Crippen LogP contribution in [0, 0.1) is 18.6 Å². The molecule has 2 aromatic rings. The normalized spacial score (nSPS) is 12.1. The van der Waals surface area contributed by atoms with Gasteiger partial charge in [-0.2, -0.15) is 13.2 Å². The van der Waals surface area contributed by atoms with Gasteiger partial charge in [-0.05, 0) is 54.7 Å². The van der Waals surface area contributed by atoms with Crippen molar-refractivity contribution in [2.45, 2.75) is 25.9 Å². The third-order valence-corrected chi connectivity index (χ3v) is 3.41. The number of aryl methyl sites for hydroxylation is 3. The Hall–Kier alpha value is -2.17. The second kappa shape index (κ2) is 6.94. The van der Waals surface area contributed by atoms with Crippen molar-refractivity contribution in [3.63, 3.8) is 0 Å². The van der Waals surface area contributed by atoms with Crippen LogP contribution >= 0.6 is 0 Å². The first-order valence-electron chi connectivity index (χ1n) is 7.04. The molecule has 23 heavy (non-hydrogen) atoms. The van der Waals surface area contributed by atoms with E-state index in [4.69, 9.17) is 0 Å². The molecule has 0 atom stereocenters. The Balaban J connectivity index is 2.07. The lowest BCUT2D eigenvalue weighted by molar-refractivity contribution is -0.0790. The van der Waals surface area contributed by atoms with Crippen molar-refractivity contribution in [1.82, 2.24) is 0 Å². The van der Waals surface area contributed by atoms with Gasteiger partial charge in [0.25, 0.3) is 0 Å². The van der Waals surface area contributed by atoms with Gasteiger partial charge in [0.05, 0.1) is 0 Å². The summed E-state index contributed by atoms with van der Waals surface area (Å²) >= 11 is 0. The smallest absolute Gasteiger partial charge is 0.207 e.